The molecular weight excluding hydrogens is 268 g/mol. The lowest BCUT2D eigenvalue weighted by Gasteiger charge is -2.04. The second-order valence-corrected chi connectivity index (χ2v) is 5.08. The fourth-order valence-corrected chi connectivity index (χ4v) is 2.36. The van der Waals surface area contributed by atoms with E-state index in [4.69, 9.17) is 10.8 Å². The number of para-hydroxylation sites is 1. The van der Waals surface area contributed by atoms with E-state index in [9.17, 15) is 10.0 Å². The summed E-state index contributed by atoms with van der Waals surface area (Å²) in [4.78, 5) is 10.9. The standard InChI is InChI=1S/C16H20N2O3/c1-2-3-4-6-11-7-5-8-13-12(9-14(17)16(19)20)10-18(21)15(11)13/h4-8,10,14,21H,2-3,9,17H2,1H3,(H,19,20)/b6-4+. The number of carboxylic acid groups (broad SMARTS) is 1. The normalized spacial score (nSPS) is 13.0. The molecule has 112 valence electrons. The molecule has 2 rings (SSSR count). The number of allylic oxidation sites excluding steroid dienone is 1. The van der Waals surface area contributed by atoms with Crippen molar-refractivity contribution in [1.82, 2.24) is 4.73 Å². The van der Waals surface area contributed by atoms with Gasteiger partial charge in [0.2, 0.25) is 0 Å². The second kappa shape index (κ2) is 6.45. The third-order valence-electron chi connectivity index (χ3n) is 3.43. The van der Waals surface area contributed by atoms with Crippen molar-refractivity contribution in [2.45, 2.75) is 32.2 Å². The average molecular weight is 288 g/mol. The van der Waals surface area contributed by atoms with Gasteiger partial charge in [0.25, 0.3) is 0 Å². The van der Waals surface area contributed by atoms with Crippen LogP contribution in [0.1, 0.15) is 30.9 Å². The molecule has 0 aliphatic rings. The number of fused-ring (bicyclic) bond motifs is 1. The smallest absolute Gasteiger partial charge is 0.320 e. The fraction of sp³-hybridized carbons (Fsp3) is 0.312. The van der Waals surface area contributed by atoms with Gasteiger partial charge in [-0.3, -0.25) is 4.79 Å². The highest BCUT2D eigenvalue weighted by Gasteiger charge is 2.17. The number of rotatable bonds is 6. The van der Waals surface area contributed by atoms with Crippen molar-refractivity contribution in [3.8, 4) is 0 Å². The summed E-state index contributed by atoms with van der Waals surface area (Å²) in [5.41, 5.74) is 7.89. The number of hydrogen-bond acceptors (Lipinski definition) is 3. The van der Waals surface area contributed by atoms with Crippen LogP contribution in [-0.2, 0) is 11.2 Å². The van der Waals surface area contributed by atoms with Crippen molar-refractivity contribution in [2.75, 3.05) is 0 Å². The number of carboxylic acids is 1. The molecule has 21 heavy (non-hydrogen) atoms. The Morgan fingerprint density at radius 3 is 2.90 bits per heavy atom. The number of benzene rings is 1. The van der Waals surface area contributed by atoms with E-state index in [1.807, 2.05) is 24.3 Å². The molecule has 0 bridgehead atoms. The first-order chi connectivity index (χ1) is 10.0. The third-order valence-corrected chi connectivity index (χ3v) is 3.43. The summed E-state index contributed by atoms with van der Waals surface area (Å²) in [6.45, 7) is 2.10. The van der Waals surface area contributed by atoms with Crippen LogP contribution >= 0.6 is 0 Å². The van der Waals surface area contributed by atoms with Crippen LogP contribution in [0.4, 0.5) is 0 Å². The van der Waals surface area contributed by atoms with Gasteiger partial charge in [0, 0.05) is 23.6 Å². The lowest BCUT2D eigenvalue weighted by molar-refractivity contribution is -0.138. The first-order valence-corrected chi connectivity index (χ1v) is 7.01. The number of hydrogen-bond donors (Lipinski definition) is 3. The van der Waals surface area contributed by atoms with Gasteiger partial charge in [-0.2, -0.15) is 4.73 Å². The van der Waals surface area contributed by atoms with Crippen LogP contribution < -0.4 is 5.73 Å². The number of nitrogens with zero attached hydrogens (tertiary/aromatic N) is 1. The molecule has 0 aliphatic heterocycles. The Labute approximate surface area is 123 Å². The van der Waals surface area contributed by atoms with Crippen LogP contribution in [0.2, 0.25) is 0 Å². The van der Waals surface area contributed by atoms with Gasteiger partial charge in [-0.15, -0.1) is 0 Å². The number of carbonyl (C=O) groups is 1. The van der Waals surface area contributed by atoms with Crippen LogP contribution in [0.3, 0.4) is 0 Å². The molecular formula is C16H20N2O3. The maximum atomic E-state index is 10.9. The maximum Gasteiger partial charge on any atom is 0.320 e. The van der Waals surface area contributed by atoms with E-state index in [1.165, 1.54) is 6.20 Å². The Kier molecular flexibility index (Phi) is 4.65. The average Bonchev–Trinajstić information content (AvgIpc) is 2.76. The first-order valence-electron chi connectivity index (χ1n) is 7.01. The zero-order valence-electron chi connectivity index (χ0n) is 12.0. The molecule has 0 spiro atoms. The number of nitrogens with two attached hydrogens (primary N) is 1. The highest BCUT2D eigenvalue weighted by molar-refractivity contribution is 5.91. The molecule has 0 aliphatic carbocycles. The quantitative estimate of drug-likeness (QED) is 0.713. The van der Waals surface area contributed by atoms with Gasteiger partial charge < -0.3 is 16.0 Å². The molecule has 0 saturated carbocycles. The molecule has 0 radical (unpaired) electrons. The topological polar surface area (TPSA) is 88.5 Å². The molecule has 0 saturated heterocycles. The van der Waals surface area contributed by atoms with Crippen LogP contribution in [0, 0.1) is 0 Å². The lowest BCUT2D eigenvalue weighted by Crippen LogP contribution is -2.32. The summed E-state index contributed by atoms with van der Waals surface area (Å²) in [7, 11) is 0. The lowest BCUT2D eigenvalue weighted by atomic mass is 10.0. The second-order valence-electron chi connectivity index (χ2n) is 5.08. The van der Waals surface area contributed by atoms with Gasteiger partial charge >= 0.3 is 5.97 Å². The molecule has 4 N–H and O–H groups in total. The minimum Gasteiger partial charge on any atom is -0.480 e. The van der Waals surface area contributed by atoms with Gasteiger partial charge in [0.1, 0.15) is 6.04 Å². The van der Waals surface area contributed by atoms with Crippen LogP contribution in [-0.4, -0.2) is 27.1 Å². The van der Waals surface area contributed by atoms with Gasteiger partial charge in [-0.1, -0.05) is 43.7 Å². The van der Waals surface area contributed by atoms with E-state index in [0.29, 0.717) is 5.52 Å². The Hall–Kier alpha value is -2.27. The molecule has 1 unspecified atom stereocenters. The Bertz CT molecular complexity index is 673. The summed E-state index contributed by atoms with van der Waals surface area (Å²) in [5.74, 6) is -1.05. The molecule has 2 aromatic rings. The maximum absolute atomic E-state index is 10.9. The van der Waals surface area contributed by atoms with E-state index in [0.717, 1.165) is 34.1 Å². The molecule has 0 amide bonds. The van der Waals surface area contributed by atoms with E-state index in [-0.39, 0.29) is 6.42 Å². The SMILES string of the molecule is CCC/C=C/c1cccc2c(CC(N)C(=O)O)cn(O)c12. The van der Waals surface area contributed by atoms with Crippen LogP contribution in [0.25, 0.3) is 17.0 Å². The van der Waals surface area contributed by atoms with Crippen LogP contribution in [0.15, 0.2) is 30.5 Å². The first kappa shape index (κ1) is 15.1. The summed E-state index contributed by atoms with van der Waals surface area (Å²) in [5, 5.41) is 19.8. The Morgan fingerprint density at radius 1 is 1.48 bits per heavy atom. The summed E-state index contributed by atoms with van der Waals surface area (Å²) in [6.07, 6.45) is 7.78. The van der Waals surface area contributed by atoms with Crippen molar-refractivity contribution in [3.63, 3.8) is 0 Å². The molecule has 5 nitrogen and oxygen atoms in total. The predicted molar refractivity (Wildman–Crippen MR) is 82.4 cm³/mol. The fourth-order valence-electron chi connectivity index (χ4n) is 2.36. The Balaban J connectivity index is 2.43. The summed E-state index contributed by atoms with van der Waals surface area (Å²) >= 11 is 0. The summed E-state index contributed by atoms with van der Waals surface area (Å²) in [6, 6.07) is 4.70. The molecule has 1 atom stereocenters. The predicted octanol–water partition coefficient (Wildman–Crippen LogP) is 2.65. The van der Waals surface area contributed by atoms with Crippen LogP contribution in [0.5, 0.6) is 0 Å². The highest BCUT2D eigenvalue weighted by atomic mass is 16.5. The highest BCUT2D eigenvalue weighted by Crippen LogP contribution is 2.26. The third kappa shape index (κ3) is 3.25. The molecule has 0 fully saturated rings. The van der Waals surface area contributed by atoms with Crippen molar-refractivity contribution in [3.05, 3.63) is 41.6 Å². The number of unbranched alkanes of at least 4 members (excludes halogenated alkanes) is 1. The zero-order chi connectivity index (χ0) is 15.4. The van der Waals surface area contributed by atoms with Crippen molar-refractivity contribution in [1.29, 1.82) is 0 Å². The van der Waals surface area contributed by atoms with Crippen molar-refractivity contribution < 1.29 is 15.1 Å². The van der Waals surface area contributed by atoms with Gasteiger partial charge in [0.05, 0.1) is 5.52 Å². The van der Waals surface area contributed by atoms with Gasteiger partial charge in [0.15, 0.2) is 0 Å². The van der Waals surface area contributed by atoms with E-state index in [2.05, 4.69) is 13.0 Å². The zero-order valence-corrected chi connectivity index (χ0v) is 12.0. The van der Waals surface area contributed by atoms with E-state index in [1.54, 1.807) is 0 Å². The minimum absolute atomic E-state index is 0.182. The molecule has 5 heteroatoms. The number of aliphatic carboxylic acids is 1. The van der Waals surface area contributed by atoms with E-state index >= 15 is 0 Å². The molecule has 1 heterocycles. The monoisotopic (exact) mass is 288 g/mol. The Morgan fingerprint density at radius 2 is 2.24 bits per heavy atom. The van der Waals surface area contributed by atoms with E-state index < -0.39 is 12.0 Å². The number of aromatic nitrogens is 1. The molecule has 1 aromatic carbocycles. The van der Waals surface area contributed by atoms with Crippen molar-refractivity contribution in [2.24, 2.45) is 5.73 Å². The minimum atomic E-state index is -1.05. The largest absolute Gasteiger partial charge is 0.480 e. The van der Waals surface area contributed by atoms with Crippen molar-refractivity contribution >= 4 is 22.9 Å². The summed E-state index contributed by atoms with van der Waals surface area (Å²) < 4.78 is 1.05. The van der Waals surface area contributed by atoms with Gasteiger partial charge in [-0.25, -0.2) is 0 Å². The molecule has 1 aromatic heterocycles. The van der Waals surface area contributed by atoms with Gasteiger partial charge in [-0.05, 0) is 12.0 Å².